The van der Waals surface area contributed by atoms with Crippen LogP contribution in [-0.2, 0) is 0 Å². The minimum atomic E-state index is 0.757. The molecule has 74 valence electrons. The average molecular weight is 320 g/mol. The van der Waals surface area contributed by atoms with Gasteiger partial charge in [-0.05, 0) is 26.3 Å². The summed E-state index contributed by atoms with van der Waals surface area (Å²) >= 11 is 2.13. The lowest BCUT2D eigenvalue weighted by Crippen LogP contribution is -1.88. The summed E-state index contributed by atoms with van der Waals surface area (Å²) in [5.41, 5.74) is 0.894. The van der Waals surface area contributed by atoms with Crippen LogP contribution in [0.5, 0.6) is 11.5 Å². The predicted molar refractivity (Wildman–Crippen MR) is 68.0 cm³/mol. The SMILES string of the molecule is COc1cc(C#CSI)cc(OC)c1. The van der Waals surface area contributed by atoms with Gasteiger partial charge >= 0.3 is 0 Å². The summed E-state index contributed by atoms with van der Waals surface area (Å²) in [4.78, 5) is 0. The normalized spacial score (nSPS) is 8.79. The Labute approximate surface area is 99.9 Å². The molecule has 0 heterocycles. The van der Waals surface area contributed by atoms with Crippen molar-refractivity contribution in [2.24, 2.45) is 0 Å². The first kappa shape index (κ1) is 11.5. The first-order valence-electron chi connectivity index (χ1n) is 3.82. The van der Waals surface area contributed by atoms with E-state index in [2.05, 4.69) is 32.4 Å². The van der Waals surface area contributed by atoms with Crippen LogP contribution < -0.4 is 9.47 Å². The molecule has 0 unspecified atom stereocenters. The molecule has 0 saturated carbocycles. The van der Waals surface area contributed by atoms with Gasteiger partial charge in [0.25, 0.3) is 0 Å². The van der Waals surface area contributed by atoms with Crippen molar-refractivity contribution in [3.05, 3.63) is 23.8 Å². The Balaban J connectivity index is 3.04. The van der Waals surface area contributed by atoms with E-state index in [-0.39, 0.29) is 0 Å². The quantitative estimate of drug-likeness (QED) is 0.616. The summed E-state index contributed by atoms with van der Waals surface area (Å²) in [6.07, 6.45) is 0. The number of ether oxygens (including phenoxy) is 2. The lowest BCUT2D eigenvalue weighted by molar-refractivity contribution is 0.394. The highest BCUT2D eigenvalue weighted by atomic mass is 127. The summed E-state index contributed by atoms with van der Waals surface area (Å²) in [7, 11) is 4.70. The highest BCUT2D eigenvalue weighted by Crippen LogP contribution is 2.22. The minimum Gasteiger partial charge on any atom is -0.497 e. The van der Waals surface area contributed by atoms with Gasteiger partial charge in [0.05, 0.1) is 14.2 Å². The molecule has 0 saturated heterocycles. The van der Waals surface area contributed by atoms with Crippen molar-refractivity contribution in [2.75, 3.05) is 14.2 Å². The Morgan fingerprint density at radius 3 is 2.14 bits per heavy atom. The second-order valence-corrected chi connectivity index (χ2v) is 4.09. The van der Waals surface area contributed by atoms with Gasteiger partial charge in [-0.15, -0.1) is 0 Å². The van der Waals surface area contributed by atoms with Crippen LogP contribution in [0.2, 0.25) is 0 Å². The van der Waals surface area contributed by atoms with Crippen molar-refractivity contribution >= 4 is 30.1 Å². The molecule has 0 N–H and O–H groups in total. The Bertz CT molecular complexity index is 346. The molecule has 1 aromatic rings. The molecule has 0 aliphatic carbocycles. The maximum atomic E-state index is 5.12. The lowest BCUT2D eigenvalue weighted by atomic mass is 10.2. The Kier molecular flexibility index (Phi) is 4.98. The third kappa shape index (κ3) is 3.31. The summed E-state index contributed by atoms with van der Waals surface area (Å²) in [6, 6.07) is 5.58. The monoisotopic (exact) mass is 320 g/mol. The van der Waals surface area contributed by atoms with Crippen molar-refractivity contribution in [3.63, 3.8) is 0 Å². The van der Waals surface area contributed by atoms with Crippen LogP contribution in [0.4, 0.5) is 0 Å². The number of hydrogen-bond acceptors (Lipinski definition) is 3. The number of rotatable bonds is 2. The van der Waals surface area contributed by atoms with Gasteiger partial charge in [-0.2, -0.15) is 0 Å². The van der Waals surface area contributed by atoms with Gasteiger partial charge in [0.2, 0.25) is 0 Å². The average Bonchev–Trinajstić information content (AvgIpc) is 2.25. The zero-order chi connectivity index (χ0) is 10.4. The summed E-state index contributed by atoms with van der Waals surface area (Å²) < 4.78 is 10.2. The molecule has 4 heteroatoms. The molecular weight excluding hydrogens is 311 g/mol. The summed E-state index contributed by atoms with van der Waals surface area (Å²) in [5, 5.41) is 2.91. The predicted octanol–water partition coefficient (Wildman–Crippen LogP) is 3.10. The van der Waals surface area contributed by atoms with E-state index < -0.39 is 0 Å². The Morgan fingerprint density at radius 2 is 1.71 bits per heavy atom. The zero-order valence-electron chi connectivity index (χ0n) is 7.83. The van der Waals surface area contributed by atoms with E-state index in [0.29, 0.717) is 0 Å². The van der Waals surface area contributed by atoms with Crippen LogP contribution in [0.1, 0.15) is 5.56 Å². The second-order valence-electron chi connectivity index (χ2n) is 2.41. The van der Waals surface area contributed by atoms with Gasteiger partial charge < -0.3 is 9.47 Å². The third-order valence-corrected chi connectivity index (χ3v) is 2.43. The summed E-state index contributed by atoms with van der Waals surface area (Å²) in [6.45, 7) is 0. The van der Waals surface area contributed by atoms with E-state index in [0.717, 1.165) is 17.1 Å². The highest BCUT2D eigenvalue weighted by Gasteiger charge is 1.98. The van der Waals surface area contributed by atoms with Gasteiger partial charge in [-0.25, -0.2) is 0 Å². The molecule has 2 nitrogen and oxygen atoms in total. The number of methoxy groups -OCH3 is 2. The molecular formula is C10H9IO2S. The fourth-order valence-corrected chi connectivity index (χ4v) is 1.44. The molecule has 0 spiro atoms. The van der Waals surface area contributed by atoms with Crippen LogP contribution in [0.15, 0.2) is 18.2 Å². The van der Waals surface area contributed by atoms with Gasteiger partial charge in [0.15, 0.2) is 0 Å². The van der Waals surface area contributed by atoms with Crippen molar-refractivity contribution in [3.8, 4) is 22.7 Å². The van der Waals surface area contributed by atoms with Gasteiger partial charge in [0.1, 0.15) is 11.5 Å². The van der Waals surface area contributed by atoms with E-state index in [9.17, 15) is 0 Å². The van der Waals surface area contributed by atoms with Crippen molar-refractivity contribution in [2.45, 2.75) is 0 Å². The number of hydrogen-bond donors (Lipinski definition) is 0. The lowest BCUT2D eigenvalue weighted by Gasteiger charge is -2.04. The molecule has 14 heavy (non-hydrogen) atoms. The molecule has 0 fully saturated rings. The van der Waals surface area contributed by atoms with E-state index >= 15 is 0 Å². The smallest absolute Gasteiger partial charge is 0.123 e. The van der Waals surface area contributed by atoms with Crippen LogP contribution in [-0.4, -0.2) is 14.2 Å². The maximum Gasteiger partial charge on any atom is 0.123 e. The van der Waals surface area contributed by atoms with Crippen LogP contribution in [0, 0.1) is 11.2 Å². The first-order chi connectivity index (χ1) is 6.80. The molecule has 0 atom stereocenters. The van der Waals surface area contributed by atoms with E-state index in [4.69, 9.17) is 9.47 Å². The van der Waals surface area contributed by atoms with Crippen molar-refractivity contribution in [1.82, 2.24) is 0 Å². The highest BCUT2D eigenvalue weighted by molar-refractivity contribution is 14.2. The molecule has 0 amide bonds. The fraction of sp³-hybridized carbons (Fsp3) is 0.200. The fourth-order valence-electron chi connectivity index (χ4n) is 0.958. The Morgan fingerprint density at radius 1 is 1.14 bits per heavy atom. The first-order valence-corrected chi connectivity index (χ1v) is 7.17. The van der Waals surface area contributed by atoms with E-state index in [1.165, 1.54) is 8.93 Å². The zero-order valence-corrected chi connectivity index (χ0v) is 10.8. The Hall–Kier alpha value is -0.540. The minimum absolute atomic E-state index is 0.757. The number of benzene rings is 1. The molecule has 0 bridgehead atoms. The molecule has 1 rings (SSSR count). The van der Waals surface area contributed by atoms with Crippen molar-refractivity contribution in [1.29, 1.82) is 0 Å². The second kappa shape index (κ2) is 6.04. The topological polar surface area (TPSA) is 18.5 Å². The molecule has 0 aliphatic rings. The standard InChI is InChI=1S/C10H9IO2S/c1-12-9-5-8(3-4-14-11)6-10(7-9)13-2/h5-7H,1-2H3. The largest absolute Gasteiger partial charge is 0.497 e. The molecule has 1 aromatic carbocycles. The third-order valence-electron chi connectivity index (χ3n) is 1.59. The maximum absolute atomic E-state index is 5.12. The van der Waals surface area contributed by atoms with Crippen LogP contribution >= 0.6 is 30.1 Å². The molecule has 0 aliphatic heterocycles. The van der Waals surface area contributed by atoms with Gasteiger partial charge in [0, 0.05) is 32.8 Å². The van der Waals surface area contributed by atoms with Gasteiger partial charge in [-0.3, -0.25) is 0 Å². The van der Waals surface area contributed by atoms with Crippen LogP contribution in [0.25, 0.3) is 0 Å². The van der Waals surface area contributed by atoms with Crippen LogP contribution in [0.3, 0.4) is 0 Å². The van der Waals surface area contributed by atoms with Gasteiger partial charge in [-0.1, -0.05) is 5.92 Å². The van der Waals surface area contributed by atoms with E-state index in [1.54, 1.807) is 14.2 Å². The van der Waals surface area contributed by atoms with Crippen molar-refractivity contribution < 1.29 is 9.47 Å². The summed E-state index contributed by atoms with van der Waals surface area (Å²) in [5.74, 6) is 4.50. The molecule has 0 radical (unpaired) electrons. The molecule has 0 aromatic heterocycles. The van der Waals surface area contributed by atoms with E-state index in [1.807, 2.05) is 18.2 Å². The number of halogens is 1.